The van der Waals surface area contributed by atoms with Gasteiger partial charge < -0.3 is 15.5 Å². The first kappa shape index (κ1) is 23.7. The summed E-state index contributed by atoms with van der Waals surface area (Å²) in [6.07, 6.45) is 2.18. The van der Waals surface area contributed by atoms with Crippen LogP contribution < -0.4 is 20.3 Å². The molecule has 0 spiro atoms. The average molecular weight is 499 g/mol. The number of hydrogen-bond donors (Lipinski definition) is 3. The molecule has 1 aliphatic heterocycles. The quantitative estimate of drug-likeness (QED) is 0.357. The summed E-state index contributed by atoms with van der Waals surface area (Å²) >= 11 is 17.5. The fourth-order valence-electron chi connectivity index (χ4n) is 3.19. The first-order chi connectivity index (χ1) is 14.7. The summed E-state index contributed by atoms with van der Waals surface area (Å²) in [4.78, 5) is 2.29. The van der Waals surface area contributed by atoms with Gasteiger partial charge in [-0.3, -0.25) is 4.72 Å². The number of anilines is 3. The lowest BCUT2D eigenvalue weighted by Crippen LogP contribution is -2.31. The van der Waals surface area contributed by atoms with Crippen molar-refractivity contribution in [1.29, 1.82) is 0 Å². The number of rotatable bonds is 7. The number of sulfonamides is 1. The van der Waals surface area contributed by atoms with Crippen LogP contribution >= 0.6 is 35.4 Å². The van der Waals surface area contributed by atoms with Crippen LogP contribution in [0.15, 0.2) is 53.4 Å². The minimum absolute atomic E-state index is 0.0803. The van der Waals surface area contributed by atoms with Gasteiger partial charge in [-0.2, -0.15) is 0 Å². The Kier molecular flexibility index (Phi) is 7.69. The molecule has 1 fully saturated rings. The van der Waals surface area contributed by atoms with E-state index in [1.807, 2.05) is 6.92 Å². The van der Waals surface area contributed by atoms with Gasteiger partial charge in [0, 0.05) is 24.7 Å². The highest BCUT2D eigenvalue weighted by atomic mass is 35.5. The van der Waals surface area contributed by atoms with Crippen LogP contribution in [0.4, 0.5) is 17.1 Å². The highest BCUT2D eigenvalue weighted by Gasteiger charge is 2.22. The van der Waals surface area contributed by atoms with Gasteiger partial charge in [-0.1, -0.05) is 35.4 Å². The van der Waals surface area contributed by atoms with Crippen molar-refractivity contribution in [2.45, 2.75) is 24.7 Å². The molecular formula is C21H24Cl2N4O2S2. The zero-order valence-electron chi connectivity index (χ0n) is 17.0. The summed E-state index contributed by atoms with van der Waals surface area (Å²) in [6.45, 7) is 8.08. The Morgan fingerprint density at radius 1 is 1.13 bits per heavy atom. The van der Waals surface area contributed by atoms with Crippen LogP contribution in [0.3, 0.4) is 0 Å². The van der Waals surface area contributed by atoms with E-state index in [0.29, 0.717) is 22.4 Å². The van der Waals surface area contributed by atoms with Crippen molar-refractivity contribution >= 4 is 67.6 Å². The standard InChI is InChI=1S/C21H24Cl2N4O2S2/c1-14(2)13-24-21(30)25-19-12-16(6-8-20(19)27-9-3-4-10-27)31(28,29)26-18-11-15(22)5-7-17(18)23/h5-8,11-12,26H,1,3-4,9-10,13H2,2H3,(H2,24,25,30). The zero-order valence-corrected chi connectivity index (χ0v) is 20.2. The molecule has 0 radical (unpaired) electrons. The highest BCUT2D eigenvalue weighted by molar-refractivity contribution is 7.92. The summed E-state index contributed by atoms with van der Waals surface area (Å²) in [7, 11) is -3.91. The lowest BCUT2D eigenvalue weighted by Gasteiger charge is -2.23. The molecule has 1 saturated heterocycles. The molecule has 1 heterocycles. The van der Waals surface area contributed by atoms with Crippen molar-refractivity contribution in [3.05, 3.63) is 58.6 Å². The van der Waals surface area contributed by atoms with Crippen molar-refractivity contribution in [2.24, 2.45) is 0 Å². The monoisotopic (exact) mass is 498 g/mol. The first-order valence-electron chi connectivity index (χ1n) is 9.72. The van der Waals surface area contributed by atoms with E-state index in [9.17, 15) is 8.42 Å². The van der Waals surface area contributed by atoms with Gasteiger partial charge in [0.1, 0.15) is 0 Å². The Labute approximate surface area is 198 Å². The first-order valence-corrected chi connectivity index (χ1v) is 12.4. The predicted molar refractivity (Wildman–Crippen MR) is 134 cm³/mol. The minimum atomic E-state index is -3.91. The van der Waals surface area contributed by atoms with Crippen LogP contribution in [0.1, 0.15) is 19.8 Å². The van der Waals surface area contributed by atoms with E-state index < -0.39 is 10.0 Å². The molecule has 10 heteroatoms. The van der Waals surface area contributed by atoms with E-state index in [-0.39, 0.29) is 15.6 Å². The molecule has 3 rings (SSSR count). The Morgan fingerprint density at radius 2 is 1.84 bits per heavy atom. The topological polar surface area (TPSA) is 73.5 Å². The molecule has 31 heavy (non-hydrogen) atoms. The van der Waals surface area contributed by atoms with Crippen molar-refractivity contribution in [1.82, 2.24) is 5.32 Å². The second kappa shape index (κ2) is 10.1. The van der Waals surface area contributed by atoms with Crippen molar-refractivity contribution in [2.75, 3.05) is 34.6 Å². The van der Waals surface area contributed by atoms with Crippen LogP contribution in [0, 0.1) is 0 Å². The lowest BCUT2D eigenvalue weighted by molar-refractivity contribution is 0.601. The summed E-state index contributed by atoms with van der Waals surface area (Å²) in [5.74, 6) is 0. The molecule has 0 unspecified atom stereocenters. The Bertz CT molecular complexity index is 1100. The fraction of sp³-hybridized carbons (Fsp3) is 0.286. The summed E-state index contributed by atoms with van der Waals surface area (Å²) in [6, 6.07) is 9.54. The SMILES string of the molecule is C=C(C)CNC(=S)Nc1cc(S(=O)(=O)Nc2cc(Cl)ccc2Cl)ccc1N1CCCC1. The van der Waals surface area contributed by atoms with E-state index >= 15 is 0 Å². The lowest BCUT2D eigenvalue weighted by atomic mass is 10.2. The van der Waals surface area contributed by atoms with Gasteiger partial charge in [0.15, 0.2) is 5.11 Å². The van der Waals surface area contributed by atoms with E-state index in [4.69, 9.17) is 35.4 Å². The normalized spacial score (nSPS) is 13.7. The van der Waals surface area contributed by atoms with Gasteiger partial charge in [-0.15, -0.1) is 0 Å². The van der Waals surface area contributed by atoms with Gasteiger partial charge in [-0.25, -0.2) is 8.42 Å². The van der Waals surface area contributed by atoms with Crippen molar-refractivity contribution < 1.29 is 8.42 Å². The van der Waals surface area contributed by atoms with Gasteiger partial charge in [-0.05, 0) is 68.4 Å². The molecule has 0 amide bonds. The molecule has 166 valence electrons. The maximum atomic E-state index is 13.0. The zero-order chi connectivity index (χ0) is 22.6. The summed E-state index contributed by atoms with van der Waals surface area (Å²) in [5.41, 5.74) is 2.66. The number of benzene rings is 2. The van der Waals surface area contributed by atoms with Crippen molar-refractivity contribution in [3.8, 4) is 0 Å². The molecule has 1 aliphatic rings. The highest BCUT2D eigenvalue weighted by Crippen LogP contribution is 2.33. The molecule has 2 aromatic rings. The van der Waals surface area contributed by atoms with Crippen LogP contribution in [-0.2, 0) is 10.0 Å². The maximum absolute atomic E-state index is 13.0. The fourth-order valence-corrected chi connectivity index (χ4v) is 4.86. The van der Waals surface area contributed by atoms with E-state index in [1.165, 1.54) is 12.1 Å². The third kappa shape index (κ3) is 6.26. The predicted octanol–water partition coefficient (Wildman–Crippen LogP) is 5.26. The average Bonchev–Trinajstić information content (AvgIpc) is 3.23. The van der Waals surface area contributed by atoms with Gasteiger partial charge in [0.2, 0.25) is 0 Å². The molecule has 0 aliphatic carbocycles. The molecule has 0 aromatic heterocycles. The third-order valence-corrected chi connectivity index (χ3v) is 6.87. The summed E-state index contributed by atoms with van der Waals surface area (Å²) < 4.78 is 28.6. The molecular weight excluding hydrogens is 475 g/mol. The Morgan fingerprint density at radius 3 is 2.52 bits per heavy atom. The van der Waals surface area contributed by atoms with E-state index in [2.05, 4.69) is 26.8 Å². The van der Waals surface area contributed by atoms with E-state index in [1.54, 1.807) is 24.3 Å². The largest absolute Gasteiger partial charge is 0.370 e. The van der Waals surface area contributed by atoms with Crippen LogP contribution in [0.2, 0.25) is 10.0 Å². The summed E-state index contributed by atoms with van der Waals surface area (Å²) in [5, 5.41) is 7.23. The Hall–Kier alpha value is -2.00. The molecule has 6 nitrogen and oxygen atoms in total. The van der Waals surface area contributed by atoms with Gasteiger partial charge >= 0.3 is 0 Å². The second-order valence-electron chi connectivity index (χ2n) is 7.37. The van der Waals surface area contributed by atoms with Crippen LogP contribution in [0.25, 0.3) is 0 Å². The van der Waals surface area contributed by atoms with E-state index in [0.717, 1.165) is 37.2 Å². The molecule has 3 N–H and O–H groups in total. The van der Waals surface area contributed by atoms with Crippen molar-refractivity contribution in [3.63, 3.8) is 0 Å². The van der Waals surface area contributed by atoms with Crippen LogP contribution in [0.5, 0.6) is 0 Å². The van der Waals surface area contributed by atoms with Gasteiger partial charge in [0.25, 0.3) is 10.0 Å². The smallest absolute Gasteiger partial charge is 0.262 e. The number of thiocarbonyl (C=S) groups is 1. The third-order valence-electron chi connectivity index (χ3n) is 4.70. The second-order valence-corrected chi connectivity index (χ2v) is 10.3. The molecule has 0 atom stereocenters. The number of hydrogen-bond acceptors (Lipinski definition) is 4. The Balaban J connectivity index is 1.92. The van der Waals surface area contributed by atoms with Crippen LogP contribution in [-0.4, -0.2) is 33.2 Å². The number of halogens is 2. The maximum Gasteiger partial charge on any atom is 0.262 e. The number of nitrogens with one attached hydrogen (secondary N) is 3. The number of nitrogens with zero attached hydrogens (tertiary/aromatic N) is 1. The minimum Gasteiger partial charge on any atom is -0.370 e. The molecule has 0 saturated carbocycles. The molecule has 0 bridgehead atoms. The molecule has 2 aromatic carbocycles. The van der Waals surface area contributed by atoms with Gasteiger partial charge in [0.05, 0.1) is 27.0 Å².